The zero-order valence-electron chi connectivity index (χ0n) is 13.3. The van der Waals surface area contributed by atoms with E-state index >= 15 is 0 Å². The highest BCUT2D eigenvalue weighted by Crippen LogP contribution is 2.24. The van der Waals surface area contributed by atoms with Crippen molar-refractivity contribution in [3.8, 4) is 0 Å². The summed E-state index contributed by atoms with van der Waals surface area (Å²) in [5, 5.41) is 13.8. The first-order chi connectivity index (χ1) is 10.5. The van der Waals surface area contributed by atoms with E-state index in [9.17, 15) is 9.90 Å². The second-order valence-corrected chi connectivity index (χ2v) is 6.62. The molecule has 0 spiro atoms. The largest absolute Gasteiger partial charge is 0.393 e. The fourth-order valence-corrected chi connectivity index (χ4v) is 3.50. The predicted molar refractivity (Wildman–Crippen MR) is 88.1 cm³/mol. The number of aromatic amines is 1. The van der Waals surface area contributed by atoms with E-state index in [1.165, 1.54) is 11.1 Å². The van der Waals surface area contributed by atoms with E-state index in [0.29, 0.717) is 18.2 Å². The van der Waals surface area contributed by atoms with Crippen LogP contribution < -0.4 is 5.32 Å². The smallest absolute Gasteiger partial charge is 0.267 e. The number of hydrogen-bond acceptors (Lipinski definition) is 2. The van der Waals surface area contributed by atoms with Crippen LogP contribution in [0.1, 0.15) is 47.3 Å². The van der Waals surface area contributed by atoms with Crippen LogP contribution in [0.2, 0.25) is 0 Å². The number of fused-ring (bicyclic) bond motifs is 1. The molecule has 2 atom stereocenters. The summed E-state index contributed by atoms with van der Waals surface area (Å²) in [7, 11) is 0. The minimum absolute atomic E-state index is 0.0617. The van der Waals surface area contributed by atoms with E-state index in [-0.39, 0.29) is 12.0 Å². The van der Waals surface area contributed by atoms with Gasteiger partial charge in [-0.05, 0) is 62.3 Å². The molecule has 4 nitrogen and oxygen atoms in total. The van der Waals surface area contributed by atoms with Crippen LogP contribution >= 0.6 is 0 Å². The molecule has 1 saturated carbocycles. The van der Waals surface area contributed by atoms with Gasteiger partial charge in [-0.25, -0.2) is 0 Å². The van der Waals surface area contributed by atoms with Crippen LogP contribution in [-0.4, -0.2) is 28.6 Å². The van der Waals surface area contributed by atoms with Crippen LogP contribution in [0, 0.1) is 19.8 Å². The highest BCUT2D eigenvalue weighted by atomic mass is 16.3. The van der Waals surface area contributed by atoms with Crippen molar-refractivity contribution in [2.75, 3.05) is 6.54 Å². The number of aromatic nitrogens is 1. The van der Waals surface area contributed by atoms with Crippen molar-refractivity contribution in [1.29, 1.82) is 0 Å². The van der Waals surface area contributed by atoms with Gasteiger partial charge < -0.3 is 15.4 Å². The number of nitrogens with one attached hydrogen (secondary N) is 2. The Balaban J connectivity index is 1.68. The summed E-state index contributed by atoms with van der Waals surface area (Å²) >= 11 is 0. The molecule has 0 radical (unpaired) electrons. The molecule has 1 aromatic carbocycles. The Bertz CT molecular complexity index is 690. The summed E-state index contributed by atoms with van der Waals surface area (Å²) in [6.07, 6.45) is 3.63. The molecule has 1 amide bonds. The molecule has 3 rings (SSSR count). The Labute approximate surface area is 130 Å². The molecule has 1 fully saturated rings. The zero-order chi connectivity index (χ0) is 15.7. The summed E-state index contributed by atoms with van der Waals surface area (Å²) in [5.74, 6) is 0.328. The summed E-state index contributed by atoms with van der Waals surface area (Å²) in [6, 6.07) is 6.12. The van der Waals surface area contributed by atoms with Crippen LogP contribution in [0.5, 0.6) is 0 Å². The van der Waals surface area contributed by atoms with Gasteiger partial charge in [-0.15, -0.1) is 0 Å². The van der Waals surface area contributed by atoms with E-state index in [0.717, 1.165) is 36.6 Å². The lowest BCUT2D eigenvalue weighted by molar-refractivity contribution is 0.0871. The van der Waals surface area contributed by atoms with Crippen LogP contribution in [0.4, 0.5) is 0 Å². The van der Waals surface area contributed by atoms with Gasteiger partial charge in [0, 0.05) is 17.4 Å². The van der Waals surface area contributed by atoms with Crippen LogP contribution in [0.3, 0.4) is 0 Å². The number of benzene rings is 1. The number of aryl methyl sites for hydroxylation is 2. The van der Waals surface area contributed by atoms with Crippen molar-refractivity contribution in [3.63, 3.8) is 0 Å². The van der Waals surface area contributed by atoms with Crippen LogP contribution in [0.25, 0.3) is 10.9 Å². The number of amides is 1. The molecule has 0 bridgehead atoms. The van der Waals surface area contributed by atoms with Crippen molar-refractivity contribution in [2.45, 2.75) is 45.6 Å². The highest BCUT2D eigenvalue weighted by Gasteiger charge is 2.21. The van der Waals surface area contributed by atoms with Gasteiger partial charge in [-0.1, -0.05) is 12.5 Å². The highest BCUT2D eigenvalue weighted by molar-refractivity contribution is 5.98. The molecule has 1 aliphatic carbocycles. The quantitative estimate of drug-likeness (QED) is 0.815. The van der Waals surface area contributed by atoms with Crippen molar-refractivity contribution in [1.82, 2.24) is 10.3 Å². The zero-order valence-corrected chi connectivity index (χ0v) is 13.3. The Morgan fingerprint density at radius 1 is 1.32 bits per heavy atom. The van der Waals surface area contributed by atoms with Gasteiger partial charge in [-0.3, -0.25) is 4.79 Å². The summed E-state index contributed by atoms with van der Waals surface area (Å²) < 4.78 is 0. The number of rotatable bonds is 3. The van der Waals surface area contributed by atoms with Gasteiger partial charge in [0.15, 0.2) is 0 Å². The summed E-state index contributed by atoms with van der Waals surface area (Å²) in [5.41, 5.74) is 3.99. The third kappa shape index (κ3) is 3.17. The first kappa shape index (κ1) is 15.1. The lowest BCUT2D eigenvalue weighted by atomic mass is 9.87. The Morgan fingerprint density at radius 2 is 2.14 bits per heavy atom. The first-order valence-electron chi connectivity index (χ1n) is 8.09. The standard InChI is InChI=1S/C18H24N2O2/c1-11-6-12(2)15-9-17(20-16(15)7-11)18(22)19-10-13-4-3-5-14(21)8-13/h6-7,9,13-14,20-21H,3-5,8,10H2,1-2H3,(H,19,22). The second-order valence-electron chi connectivity index (χ2n) is 6.62. The molecule has 1 aromatic heterocycles. The third-order valence-corrected chi connectivity index (χ3v) is 4.64. The van der Waals surface area contributed by atoms with Gasteiger partial charge in [-0.2, -0.15) is 0 Å². The Hall–Kier alpha value is -1.81. The van der Waals surface area contributed by atoms with Gasteiger partial charge in [0.2, 0.25) is 0 Å². The minimum atomic E-state index is -0.200. The molecule has 118 valence electrons. The van der Waals surface area contributed by atoms with Gasteiger partial charge in [0.05, 0.1) is 6.10 Å². The molecular weight excluding hydrogens is 276 g/mol. The van der Waals surface area contributed by atoms with Crippen molar-refractivity contribution in [2.24, 2.45) is 5.92 Å². The van der Waals surface area contributed by atoms with Gasteiger partial charge in [0.1, 0.15) is 5.69 Å². The number of carbonyl (C=O) groups excluding carboxylic acids is 1. The topological polar surface area (TPSA) is 65.1 Å². The molecule has 4 heteroatoms. The van der Waals surface area contributed by atoms with E-state index in [1.807, 2.05) is 6.07 Å². The average Bonchev–Trinajstić information content (AvgIpc) is 2.89. The number of carbonyl (C=O) groups is 1. The molecule has 0 saturated heterocycles. The third-order valence-electron chi connectivity index (χ3n) is 4.64. The van der Waals surface area contributed by atoms with Crippen LogP contribution in [-0.2, 0) is 0 Å². The fraction of sp³-hybridized carbons (Fsp3) is 0.500. The fourth-order valence-electron chi connectivity index (χ4n) is 3.50. The van der Waals surface area contributed by atoms with Crippen LogP contribution in [0.15, 0.2) is 18.2 Å². The molecule has 2 aromatic rings. The normalized spacial score (nSPS) is 22.0. The summed E-state index contributed by atoms with van der Waals surface area (Å²) in [4.78, 5) is 15.5. The molecule has 3 N–H and O–H groups in total. The second kappa shape index (κ2) is 6.13. The van der Waals surface area contributed by atoms with E-state index < -0.39 is 0 Å². The van der Waals surface area contributed by atoms with Gasteiger partial charge >= 0.3 is 0 Å². The number of hydrogen-bond donors (Lipinski definition) is 3. The Kier molecular flexibility index (Phi) is 4.21. The monoisotopic (exact) mass is 300 g/mol. The molecule has 1 aliphatic rings. The maximum Gasteiger partial charge on any atom is 0.267 e. The maximum absolute atomic E-state index is 12.3. The number of aliphatic hydroxyl groups excluding tert-OH is 1. The molecule has 1 heterocycles. The van der Waals surface area contributed by atoms with E-state index in [1.54, 1.807) is 0 Å². The maximum atomic E-state index is 12.3. The minimum Gasteiger partial charge on any atom is -0.393 e. The first-order valence-corrected chi connectivity index (χ1v) is 8.09. The van der Waals surface area contributed by atoms with E-state index in [2.05, 4.69) is 36.3 Å². The SMILES string of the molecule is Cc1cc(C)c2cc(C(=O)NCC3CCCC(O)C3)[nH]c2c1. The predicted octanol–water partition coefficient (Wildman–Crippen LogP) is 3.07. The Morgan fingerprint density at radius 3 is 2.91 bits per heavy atom. The number of H-pyrrole nitrogens is 1. The van der Waals surface area contributed by atoms with Gasteiger partial charge in [0.25, 0.3) is 5.91 Å². The average molecular weight is 300 g/mol. The molecule has 2 unspecified atom stereocenters. The lowest BCUT2D eigenvalue weighted by Gasteiger charge is -2.25. The van der Waals surface area contributed by atoms with Crippen molar-refractivity contribution >= 4 is 16.8 Å². The van der Waals surface area contributed by atoms with Crippen molar-refractivity contribution < 1.29 is 9.90 Å². The molecule has 22 heavy (non-hydrogen) atoms. The lowest BCUT2D eigenvalue weighted by Crippen LogP contribution is -2.33. The van der Waals surface area contributed by atoms with Crippen molar-refractivity contribution in [3.05, 3.63) is 35.0 Å². The number of aliphatic hydroxyl groups is 1. The summed E-state index contributed by atoms with van der Waals surface area (Å²) in [6.45, 7) is 4.76. The molecular formula is C18H24N2O2. The van der Waals surface area contributed by atoms with E-state index in [4.69, 9.17) is 0 Å². The molecule has 0 aliphatic heterocycles.